The molecule has 6 heteroatoms. The van der Waals surface area contributed by atoms with Crippen LogP contribution < -0.4 is 4.74 Å². The van der Waals surface area contributed by atoms with Crippen molar-refractivity contribution < 1.29 is 17.5 Å². The van der Waals surface area contributed by atoms with Gasteiger partial charge >= 0.3 is 0 Å². The lowest BCUT2D eigenvalue weighted by Crippen LogP contribution is -2.19. The summed E-state index contributed by atoms with van der Waals surface area (Å²) < 4.78 is 40.3. The highest BCUT2D eigenvalue weighted by molar-refractivity contribution is 8.13. The Morgan fingerprint density at radius 2 is 2.06 bits per heavy atom. The van der Waals surface area contributed by atoms with Crippen LogP contribution in [-0.4, -0.2) is 20.8 Å². The number of hydrogen-bond donors (Lipinski definition) is 0. The maximum atomic E-state index is 13.2. The van der Waals surface area contributed by atoms with E-state index in [1.54, 1.807) is 12.1 Å². The highest BCUT2D eigenvalue weighted by atomic mass is 35.7. The molecule has 0 saturated carbocycles. The van der Waals surface area contributed by atoms with E-state index in [-0.39, 0.29) is 24.0 Å². The van der Waals surface area contributed by atoms with E-state index in [0.717, 1.165) is 0 Å². The van der Waals surface area contributed by atoms with Gasteiger partial charge in [0.2, 0.25) is 9.05 Å². The number of rotatable bonds is 6. The highest BCUT2D eigenvalue weighted by Crippen LogP contribution is 2.18. The Kier molecular flexibility index (Phi) is 5.21. The van der Waals surface area contributed by atoms with E-state index < -0.39 is 14.9 Å². The first-order valence-corrected chi connectivity index (χ1v) is 7.70. The second-order valence-corrected chi connectivity index (χ2v) is 6.54. The van der Waals surface area contributed by atoms with Crippen LogP contribution in [0, 0.1) is 11.7 Å². The van der Waals surface area contributed by atoms with Gasteiger partial charge in [0, 0.05) is 16.6 Å². The zero-order valence-corrected chi connectivity index (χ0v) is 11.0. The van der Waals surface area contributed by atoms with Gasteiger partial charge < -0.3 is 4.74 Å². The van der Waals surface area contributed by atoms with Gasteiger partial charge in [-0.05, 0) is 18.6 Å². The number of halogens is 2. The van der Waals surface area contributed by atoms with Gasteiger partial charge in [0.25, 0.3) is 0 Å². The van der Waals surface area contributed by atoms with E-state index in [1.165, 1.54) is 12.1 Å². The third kappa shape index (κ3) is 5.37. The number of ether oxygens (including phenoxy) is 1. The Bertz CT molecular complexity index is 462. The normalized spacial score (nSPS) is 13.4. The number of benzene rings is 1. The summed E-state index contributed by atoms with van der Waals surface area (Å²) in [5.41, 5.74) is 0. The standard InChI is InChI=1S/C11H14ClFO3S/c1-2-9(8-17(12,14)15)7-16-11-6-4-3-5-10(11)13/h3-6,9H,2,7-8H2,1H3. The van der Waals surface area contributed by atoms with E-state index >= 15 is 0 Å². The predicted molar refractivity (Wildman–Crippen MR) is 65.3 cm³/mol. The third-order valence-corrected chi connectivity index (χ3v) is 3.57. The smallest absolute Gasteiger partial charge is 0.232 e. The molecule has 0 aliphatic carbocycles. The SMILES string of the molecule is CCC(COc1ccccc1F)CS(=O)(=O)Cl. The Morgan fingerprint density at radius 1 is 1.41 bits per heavy atom. The molecule has 0 bridgehead atoms. The lowest BCUT2D eigenvalue weighted by Gasteiger charge is -2.14. The Morgan fingerprint density at radius 3 is 2.59 bits per heavy atom. The van der Waals surface area contributed by atoms with Crippen LogP contribution in [-0.2, 0) is 9.05 Å². The van der Waals surface area contributed by atoms with Crippen LogP contribution in [0.5, 0.6) is 5.75 Å². The van der Waals surface area contributed by atoms with Crippen LogP contribution in [0.15, 0.2) is 24.3 Å². The molecule has 0 amide bonds. The van der Waals surface area contributed by atoms with Crippen molar-refractivity contribution >= 4 is 19.7 Å². The molecule has 0 heterocycles. The lowest BCUT2D eigenvalue weighted by atomic mass is 10.1. The maximum absolute atomic E-state index is 13.2. The van der Waals surface area contributed by atoms with Crippen molar-refractivity contribution in [2.75, 3.05) is 12.4 Å². The van der Waals surface area contributed by atoms with Crippen molar-refractivity contribution in [1.29, 1.82) is 0 Å². The van der Waals surface area contributed by atoms with Gasteiger partial charge in [0.05, 0.1) is 12.4 Å². The Hall–Kier alpha value is -0.810. The average molecular weight is 281 g/mol. The second-order valence-electron chi connectivity index (χ2n) is 3.72. The van der Waals surface area contributed by atoms with Crippen LogP contribution >= 0.6 is 10.7 Å². The summed E-state index contributed by atoms with van der Waals surface area (Å²) in [6, 6.07) is 5.99. The third-order valence-electron chi connectivity index (χ3n) is 2.32. The van der Waals surface area contributed by atoms with Crippen LogP contribution in [0.25, 0.3) is 0 Å². The van der Waals surface area contributed by atoms with Crippen LogP contribution in [0.2, 0.25) is 0 Å². The predicted octanol–water partition coefficient (Wildman–Crippen LogP) is 2.80. The zero-order valence-electron chi connectivity index (χ0n) is 9.40. The first-order chi connectivity index (χ1) is 7.92. The minimum absolute atomic E-state index is 0.123. The zero-order chi connectivity index (χ0) is 12.9. The molecule has 1 unspecified atom stereocenters. The molecule has 3 nitrogen and oxygen atoms in total. The van der Waals surface area contributed by atoms with Crippen molar-refractivity contribution in [3.8, 4) is 5.75 Å². The molecule has 0 radical (unpaired) electrons. The van der Waals surface area contributed by atoms with Crippen LogP contribution in [0.4, 0.5) is 4.39 Å². The minimum atomic E-state index is -3.55. The van der Waals surface area contributed by atoms with Gasteiger partial charge in [-0.2, -0.15) is 0 Å². The molecular weight excluding hydrogens is 267 g/mol. The molecule has 0 N–H and O–H groups in total. The number of para-hydroxylation sites is 1. The summed E-state index contributed by atoms with van der Waals surface area (Å²) in [7, 11) is 1.61. The van der Waals surface area contributed by atoms with Crippen molar-refractivity contribution in [1.82, 2.24) is 0 Å². The molecule has 17 heavy (non-hydrogen) atoms. The maximum Gasteiger partial charge on any atom is 0.232 e. The number of hydrogen-bond acceptors (Lipinski definition) is 3. The highest BCUT2D eigenvalue weighted by Gasteiger charge is 2.16. The molecule has 0 fully saturated rings. The van der Waals surface area contributed by atoms with Crippen molar-refractivity contribution in [3.05, 3.63) is 30.1 Å². The molecule has 0 aromatic heterocycles. The molecule has 1 aromatic carbocycles. The fourth-order valence-electron chi connectivity index (χ4n) is 1.33. The average Bonchev–Trinajstić information content (AvgIpc) is 2.24. The first kappa shape index (κ1) is 14.3. The largest absolute Gasteiger partial charge is 0.490 e. The molecule has 1 rings (SSSR count). The summed E-state index contributed by atoms with van der Waals surface area (Å²) in [4.78, 5) is 0. The summed E-state index contributed by atoms with van der Waals surface area (Å²) in [6.07, 6.45) is 0.598. The fourth-order valence-corrected chi connectivity index (χ4v) is 2.76. The van der Waals surface area contributed by atoms with Gasteiger partial charge in [-0.15, -0.1) is 0 Å². The Balaban J connectivity index is 2.57. The molecule has 0 aliphatic heterocycles. The summed E-state index contributed by atoms with van der Waals surface area (Å²) in [5, 5.41) is 0. The topological polar surface area (TPSA) is 43.4 Å². The molecule has 0 saturated heterocycles. The van der Waals surface area contributed by atoms with Gasteiger partial charge in [-0.1, -0.05) is 19.1 Å². The van der Waals surface area contributed by atoms with Crippen molar-refractivity contribution in [2.24, 2.45) is 5.92 Å². The van der Waals surface area contributed by atoms with Gasteiger partial charge in [-0.25, -0.2) is 12.8 Å². The quantitative estimate of drug-likeness (QED) is 0.753. The molecule has 0 aliphatic rings. The lowest BCUT2D eigenvalue weighted by molar-refractivity contribution is 0.247. The fraction of sp³-hybridized carbons (Fsp3) is 0.455. The molecule has 0 spiro atoms. The second kappa shape index (κ2) is 6.21. The molecule has 1 atom stereocenters. The summed E-state index contributed by atoms with van der Waals surface area (Å²) in [5.74, 6) is -0.745. The van der Waals surface area contributed by atoms with Crippen molar-refractivity contribution in [2.45, 2.75) is 13.3 Å². The molecule has 1 aromatic rings. The van der Waals surface area contributed by atoms with Crippen molar-refractivity contribution in [3.63, 3.8) is 0 Å². The monoisotopic (exact) mass is 280 g/mol. The summed E-state index contributed by atoms with van der Waals surface area (Å²) >= 11 is 0. The summed E-state index contributed by atoms with van der Waals surface area (Å²) in [6.45, 7) is 1.96. The molecular formula is C11H14ClFO3S. The first-order valence-electron chi connectivity index (χ1n) is 5.22. The van der Waals surface area contributed by atoms with Crippen LogP contribution in [0.1, 0.15) is 13.3 Å². The molecule has 96 valence electrons. The van der Waals surface area contributed by atoms with E-state index in [0.29, 0.717) is 6.42 Å². The van der Waals surface area contributed by atoms with E-state index in [2.05, 4.69) is 0 Å². The van der Waals surface area contributed by atoms with E-state index in [1.807, 2.05) is 6.92 Å². The van der Waals surface area contributed by atoms with Gasteiger partial charge in [0.15, 0.2) is 11.6 Å². The van der Waals surface area contributed by atoms with Crippen LogP contribution in [0.3, 0.4) is 0 Å². The Labute approximate surface area is 105 Å². The minimum Gasteiger partial charge on any atom is -0.490 e. The van der Waals surface area contributed by atoms with Gasteiger partial charge in [-0.3, -0.25) is 0 Å². The van der Waals surface area contributed by atoms with Gasteiger partial charge in [0.1, 0.15) is 0 Å². The van der Waals surface area contributed by atoms with E-state index in [9.17, 15) is 12.8 Å². The van der Waals surface area contributed by atoms with E-state index in [4.69, 9.17) is 15.4 Å².